The Morgan fingerprint density at radius 2 is 2.07 bits per heavy atom. The summed E-state index contributed by atoms with van der Waals surface area (Å²) in [6, 6.07) is 0. The molecule has 2 rings (SSSR count). The molecule has 0 aromatic carbocycles. The summed E-state index contributed by atoms with van der Waals surface area (Å²) in [5.41, 5.74) is 2.25. The Balaban J connectivity index is 1.97. The van der Waals surface area contributed by atoms with Crippen LogP contribution in [0.3, 0.4) is 0 Å². The molecule has 80 valence electrons. The molecule has 1 saturated heterocycles. The highest BCUT2D eigenvalue weighted by atomic mass is 15.1. The largest absolute Gasteiger partial charge is 0.375 e. The van der Waals surface area contributed by atoms with Gasteiger partial charge >= 0.3 is 0 Å². The van der Waals surface area contributed by atoms with E-state index in [4.69, 9.17) is 0 Å². The van der Waals surface area contributed by atoms with Crippen molar-refractivity contribution in [3.63, 3.8) is 0 Å². The fraction of sp³-hybridized carbons (Fsp3) is 0.846. The number of hydrogen-bond donors (Lipinski definition) is 0. The molecular weight excluding hydrogens is 170 g/mol. The summed E-state index contributed by atoms with van der Waals surface area (Å²) >= 11 is 0. The highest BCUT2D eigenvalue weighted by Gasteiger charge is 2.27. The third-order valence-corrected chi connectivity index (χ3v) is 4.18. The lowest BCUT2D eigenvalue weighted by atomic mass is 9.76. The van der Waals surface area contributed by atoms with Gasteiger partial charge in [0.1, 0.15) is 0 Å². The van der Waals surface area contributed by atoms with E-state index in [1.807, 2.05) is 0 Å². The van der Waals surface area contributed by atoms with E-state index in [1.54, 1.807) is 5.70 Å². The minimum atomic E-state index is 0.600. The van der Waals surface area contributed by atoms with Gasteiger partial charge in [-0.3, -0.25) is 0 Å². The zero-order valence-electron chi connectivity index (χ0n) is 9.68. The second-order valence-electron chi connectivity index (χ2n) is 5.26. The van der Waals surface area contributed by atoms with E-state index in [0.29, 0.717) is 5.41 Å². The predicted octanol–water partition coefficient (Wildman–Crippen LogP) is 3.57. The quantitative estimate of drug-likeness (QED) is 0.648. The average molecular weight is 193 g/mol. The van der Waals surface area contributed by atoms with E-state index in [9.17, 15) is 0 Å². The minimum Gasteiger partial charge on any atom is -0.375 e. The van der Waals surface area contributed by atoms with Crippen molar-refractivity contribution in [2.24, 2.45) is 5.41 Å². The van der Waals surface area contributed by atoms with Crippen LogP contribution in [0.1, 0.15) is 52.4 Å². The second kappa shape index (κ2) is 3.96. The minimum absolute atomic E-state index is 0.600. The van der Waals surface area contributed by atoms with Crippen molar-refractivity contribution in [2.45, 2.75) is 52.4 Å². The lowest BCUT2D eigenvalue weighted by Crippen LogP contribution is -2.25. The monoisotopic (exact) mass is 193 g/mol. The van der Waals surface area contributed by atoms with Crippen molar-refractivity contribution >= 4 is 0 Å². The van der Waals surface area contributed by atoms with Gasteiger partial charge in [-0.2, -0.15) is 0 Å². The first-order chi connectivity index (χ1) is 6.73. The highest BCUT2D eigenvalue weighted by molar-refractivity contribution is 5.09. The molecule has 0 radical (unpaired) electrons. The molecule has 0 amide bonds. The third-order valence-electron chi connectivity index (χ3n) is 4.18. The van der Waals surface area contributed by atoms with E-state index in [1.165, 1.54) is 51.6 Å². The first-order valence-corrected chi connectivity index (χ1v) is 6.17. The molecule has 1 atom stereocenters. The van der Waals surface area contributed by atoms with Gasteiger partial charge in [-0.1, -0.05) is 26.3 Å². The molecule has 2 aliphatic rings. The van der Waals surface area contributed by atoms with Crippen LogP contribution in [0.4, 0.5) is 0 Å². The Hall–Kier alpha value is -0.460. The molecule has 1 heteroatoms. The normalized spacial score (nSPS) is 33.3. The maximum Gasteiger partial charge on any atom is 0.0175 e. The van der Waals surface area contributed by atoms with Gasteiger partial charge < -0.3 is 4.90 Å². The molecule has 1 fully saturated rings. The van der Waals surface area contributed by atoms with E-state index >= 15 is 0 Å². The zero-order chi connectivity index (χ0) is 10.0. The van der Waals surface area contributed by atoms with Crippen LogP contribution in [0, 0.1) is 5.41 Å². The summed E-state index contributed by atoms with van der Waals surface area (Å²) in [5, 5.41) is 0. The Morgan fingerprint density at radius 1 is 1.36 bits per heavy atom. The van der Waals surface area contributed by atoms with Crippen LogP contribution in [0.15, 0.2) is 11.8 Å². The molecule has 0 spiro atoms. The standard InChI is InChI=1S/C13H23N/c1-3-13(2)8-6-12(7-9-13)14-10-4-5-11-14/h6H,3-5,7-11H2,1-2H3. The highest BCUT2D eigenvalue weighted by Crippen LogP contribution is 2.39. The number of hydrogen-bond acceptors (Lipinski definition) is 1. The van der Waals surface area contributed by atoms with Gasteiger partial charge in [0.25, 0.3) is 0 Å². The van der Waals surface area contributed by atoms with Crippen molar-refractivity contribution in [3.8, 4) is 0 Å². The Kier molecular flexibility index (Phi) is 2.85. The molecule has 1 heterocycles. The van der Waals surface area contributed by atoms with Crippen molar-refractivity contribution < 1.29 is 0 Å². The lowest BCUT2D eigenvalue weighted by molar-refractivity contribution is 0.251. The van der Waals surface area contributed by atoms with Crippen LogP contribution >= 0.6 is 0 Å². The SMILES string of the molecule is CCC1(C)CC=C(N2CCCC2)CC1. The summed E-state index contributed by atoms with van der Waals surface area (Å²) in [6.45, 7) is 7.39. The van der Waals surface area contributed by atoms with Crippen molar-refractivity contribution in [3.05, 3.63) is 11.8 Å². The number of nitrogens with zero attached hydrogens (tertiary/aromatic N) is 1. The van der Waals surface area contributed by atoms with E-state index in [-0.39, 0.29) is 0 Å². The molecule has 0 aromatic heterocycles. The number of allylic oxidation sites excluding steroid dienone is 2. The summed E-state index contributed by atoms with van der Waals surface area (Å²) in [7, 11) is 0. The van der Waals surface area contributed by atoms with Gasteiger partial charge in [0.15, 0.2) is 0 Å². The summed E-state index contributed by atoms with van der Waals surface area (Å²) in [6.07, 6.45) is 10.7. The first-order valence-electron chi connectivity index (χ1n) is 6.17. The van der Waals surface area contributed by atoms with Gasteiger partial charge in [0, 0.05) is 18.8 Å². The Labute approximate surface area is 88.2 Å². The van der Waals surface area contributed by atoms with Crippen LogP contribution in [-0.2, 0) is 0 Å². The van der Waals surface area contributed by atoms with Crippen LogP contribution in [0.25, 0.3) is 0 Å². The van der Waals surface area contributed by atoms with E-state index in [2.05, 4.69) is 24.8 Å². The van der Waals surface area contributed by atoms with Gasteiger partial charge in [0.05, 0.1) is 0 Å². The topological polar surface area (TPSA) is 3.24 Å². The fourth-order valence-electron chi connectivity index (χ4n) is 2.61. The molecule has 14 heavy (non-hydrogen) atoms. The molecule has 0 N–H and O–H groups in total. The second-order valence-corrected chi connectivity index (χ2v) is 5.26. The molecule has 0 saturated carbocycles. The predicted molar refractivity (Wildman–Crippen MR) is 61.1 cm³/mol. The van der Waals surface area contributed by atoms with Crippen LogP contribution < -0.4 is 0 Å². The summed E-state index contributed by atoms with van der Waals surface area (Å²) in [5.74, 6) is 0. The number of rotatable bonds is 2. The third kappa shape index (κ3) is 1.97. The van der Waals surface area contributed by atoms with Gasteiger partial charge in [-0.05, 0) is 37.5 Å². The Bertz CT molecular complexity index is 225. The maximum absolute atomic E-state index is 2.61. The van der Waals surface area contributed by atoms with Gasteiger partial charge in [0.2, 0.25) is 0 Å². The Morgan fingerprint density at radius 3 is 2.57 bits per heavy atom. The van der Waals surface area contributed by atoms with Crippen molar-refractivity contribution in [1.82, 2.24) is 4.90 Å². The van der Waals surface area contributed by atoms with Crippen LogP contribution in [0.2, 0.25) is 0 Å². The molecular formula is C13H23N. The molecule has 1 aliphatic carbocycles. The van der Waals surface area contributed by atoms with Gasteiger partial charge in [-0.15, -0.1) is 0 Å². The number of likely N-dealkylation sites (tertiary alicyclic amines) is 1. The van der Waals surface area contributed by atoms with E-state index < -0.39 is 0 Å². The summed E-state index contributed by atoms with van der Waals surface area (Å²) < 4.78 is 0. The van der Waals surface area contributed by atoms with Gasteiger partial charge in [-0.25, -0.2) is 0 Å². The first kappa shape index (κ1) is 10.1. The zero-order valence-corrected chi connectivity index (χ0v) is 9.68. The van der Waals surface area contributed by atoms with Crippen LogP contribution in [-0.4, -0.2) is 18.0 Å². The smallest absolute Gasteiger partial charge is 0.0175 e. The average Bonchev–Trinajstić information content (AvgIpc) is 2.72. The molecule has 0 bridgehead atoms. The van der Waals surface area contributed by atoms with Crippen molar-refractivity contribution in [1.29, 1.82) is 0 Å². The fourth-order valence-corrected chi connectivity index (χ4v) is 2.61. The molecule has 1 aliphatic heterocycles. The molecule has 0 aromatic rings. The summed E-state index contributed by atoms with van der Waals surface area (Å²) in [4.78, 5) is 2.61. The molecule has 1 nitrogen and oxygen atoms in total. The van der Waals surface area contributed by atoms with Crippen molar-refractivity contribution in [2.75, 3.05) is 13.1 Å². The van der Waals surface area contributed by atoms with E-state index in [0.717, 1.165) is 0 Å². The maximum atomic E-state index is 2.61. The van der Waals surface area contributed by atoms with Crippen LogP contribution in [0.5, 0.6) is 0 Å². The lowest BCUT2D eigenvalue weighted by Gasteiger charge is -2.34. The molecule has 1 unspecified atom stereocenters.